The Labute approximate surface area is 139 Å². The number of carbonyl (C=O) groups is 2. The number of hydrogen-bond donors (Lipinski definition) is 0. The van der Waals surface area contributed by atoms with E-state index in [1.807, 2.05) is 46.0 Å². The molecule has 0 bridgehead atoms. The Hall–Kier alpha value is -2.14. The van der Waals surface area contributed by atoms with Crippen LogP contribution >= 0.6 is 11.3 Å². The number of rotatable bonds is 4. The number of ketones is 1. The van der Waals surface area contributed by atoms with Crippen molar-refractivity contribution in [3.05, 3.63) is 52.2 Å². The molecule has 1 aliphatic rings. The summed E-state index contributed by atoms with van der Waals surface area (Å²) in [4.78, 5) is 26.7. The van der Waals surface area contributed by atoms with Crippen molar-refractivity contribution in [3.63, 3.8) is 0 Å². The highest BCUT2D eigenvalue weighted by Crippen LogP contribution is 2.24. The number of amides is 1. The van der Waals surface area contributed by atoms with Crippen LogP contribution in [-0.2, 0) is 0 Å². The lowest BCUT2D eigenvalue weighted by Gasteiger charge is -2.31. The van der Waals surface area contributed by atoms with Gasteiger partial charge in [0.15, 0.2) is 5.78 Å². The van der Waals surface area contributed by atoms with Gasteiger partial charge in [-0.3, -0.25) is 9.59 Å². The molecule has 0 saturated carbocycles. The smallest absolute Gasteiger partial charge is 0.254 e. The molecule has 0 aliphatic carbocycles. The van der Waals surface area contributed by atoms with Gasteiger partial charge in [-0.05, 0) is 48.6 Å². The monoisotopic (exact) mass is 329 g/mol. The van der Waals surface area contributed by atoms with Crippen LogP contribution in [0.4, 0.5) is 0 Å². The Morgan fingerprint density at radius 1 is 1.09 bits per heavy atom. The lowest BCUT2D eigenvalue weighted by Crippen LogP contribution is -2.40. The molecule has 1 amide bonds. The molecule has 0 unspecified atom stereocenters. The van der Waals surface area contributed by atoms with Crippen molar-refractivity contribution in [1.82, 2.24) is 4.90 Å². The van der Waals surface area contributed by atoms with Crippen LogP contribution < -0.4 is 4.74 Å². The van der Waals surface area contributed by atoms with Crippen LogP contribution in [0.25, 0.3) is 0 Å². The lowest BCUT2D eigenvalue weighted by molar-refractivity contribution is 0.0651. The summed E-state index contributed by atoms with van der Waals surface area (Å²) in [5.41, 5.74) is 1.46. The summed E-state index contributed by atoms with van der Waals surface area (Å²) in [7, 11) is 1.61. The Morgan fingerprint density at radius 2 is 1.78 bits per heavy atom. The van der Waals surface area contributed by atoms with E-state index in [-0.39, 0.29) is 17.6 Å². The van der Waals surface area contributed by atoms with Gasteiger partial charge < -0.3 is 9.64 Å². The Kier molecular flexibility index (Phi) is 4.76. The number of benzene rings is 1. The average Bonchev–Trinajstić information content (AvgIpc) is 3.15. The highest BCUT2D eigenvalue weighted by molar-refractivity contribution is 7.08. The predicted molar refractivity (Wildman–Crippen MR) is 90.3 cm³/mol. The fourth-order valence-corrected chi connectivity index (χ4v) is 3.53. The first kappa shape index (κ1) is 15.7. The van der Waals surface area contributed by atoms with E-state index in [2.05, 4.69) is 0 Å². The second-order valence-electron chi connectivity index (χ2n) is 5.67. The van der Waals surface area contributed by atoms with Crippen LogP contribution in [-0.4, -0.2) is 36.8 Å². The first-order valence-corrected chi connectivity index (χ1v) is 8.63. The number of nitrogens with zero attached hydrogens (tertiary/aromatic N) is 1. The van der Waals surface area contributed by atoms with Crippen LogP contribution in [0.2, 0.25) is 0 Å². The molecule has 0 spiro atoms. The van der Waals surface area contributed by atoms with Crippen LogP contribution in [0.1, 0.15) is 33.6 Å². The third-order valence-electron chi connectivity index (χ3n) is 4.30. The van der Waals surface area contributed by atoms with E-state index < -0.39 is 0 Å². The zero-order valence-corrected chi connectivity index (χ0v) is 13.8. The second-order valence-corrected chi connectivity index (χ2v) is 6.45. The molecule has 1 fully saturated rings. The summed E-state index contributed by atoms with van der Waals surface area (Å²) in [6, 6.07) is 9.08. The van der Waals surface area contributed by atoms with Crippen molar-refractivity contribution in [2.24, 2.45) is 5.92 Å². The fraction of sp³-hybridized carbons (Fsp3) is 0.333. The van der Waals surface area contributed by atoms with Gasteiger partial charge in [0.1, 0.15) is 5.75 Å². The van der Waals surface area contributed by atoms with Gasteiger partial charge in [-0.15, -0.1) is 0 Å². The molecule has 1 aromatic carbocycles. The molecule has 3 rings (SSSR count). The first-order valence-electron chi connectivity index (χ1n) is 7.69. The van der Waals surface area contributed by atoms with Gasteiger partial charge in [-0.1, -0.05) is 0 Å². The molecule has 1 saturated heterocycles. The van der Waals surface area contributed by atoms with Crippen molar-refractivity contribution in [2.45, 2.75) is 12.8 Å². The number of methoxy groups -OCH3 is 1. The molecule has 0 atom stereocenters. The minimum atomic E-state index is -0.00470. The predicted octanol–water partition coefficient (Wildman–Crippen LogP) is 3.49. The highest BCUT2D eigenvalue weighted by atomic mass is 32.1. The number of ether oxygens (including phenoxy) is 1. The van der Waals surface area contributed by atoms with Gasteiger partial charge in [0, 0.05) is 30.0 Å². The van der Waals surface area contributed by atoms with E-state index in [1.54, 1.807) is 7.11 Å². The maximum Gasteiger partial charge on any atom is 0.254 e. The number of thiophene rings is 1. The molecule has 120 valence electrons. The van der Waals surface area contributed by atoms with Gasteiger partial charge >= 0.3 is 0 Å². The molecular formula is C18H19NO3S. The van der Waals surface area contributed by atoms with E-state index in [0.29, 0.717) is 18.7 Å². The maximum absolute atomic E-state index is 12.6. The van der Waals surface area contributed by atoms with E-state index in [0.717, 1.165) is 24.2 Å². The van der Waals surface area contributed by atoms with Crippen molar-refractivity contribution < 1.29 is 14.3 Å². The standard InChI is InChI=1S/C18H19NO3S/c1-22-16-4-2-13(3-5-16)17(20)14-6-9-19(10-7-14)18(21)15-8-11-23-12-15/h2-5,8,11-12,14H,6-7,9-10H2,1H3. The molecule has 4 nitrogen and oxygen atoms in total. The Balaban J connectivity index is 1.59. The van der Waals surface area contributed by atoms with Crippen molar-refractivity contribution in [2.75, 3.05) is 20.2 Å². The number of piperidine rings is 1. The van der Waals surface area contributed by atoms with Gasteiger partial charge in [-0.25, -0.2) is 0 Å². The number of hydrogen-bond acceptors (Lipinski definition) is 4. The van der Waals surface area contributed by atoms with E-state index >= 15 is 0 Å². The molecule has 0 radical (unpaired) electrons. The van der Waals surface area contributed by atoms with Crippen LogP contribution in [0, 0.1) is 5.92 Å². The molecular weight excluding hydrogens is 310 g/mol. The summed E-state index contributed by atoms with van der Waals surface area (Å²) in [6.07, 6.45) is 1.45. The highest BCUT2D eigenvalue weighted by Gasteiger charge is 2.28. The molecule has 23 heavy (non-hydrogen) atoms. The number of Topliss-reactive ketones (excluding diaryl/α,β-unsaturated/α-hetero) is 1. The van der Waals surface area contributed by atoms with Crippen LogP contribution in [0.5, 0.6) is 5.75 Å². The molecule has 2 aromatic rings. The van der Waals surface area contributed by atoms with Crippen molar-refractivity contribution >= 4 is 23.0 Å². The lowest BCUT2D eigenvalue weighted by atomic mass is 9.88. The fourth-order valence-electron chi connectivity index (χ4n) is 2.90. The van der Waals surface area contributed by atoms with Crippen molar-refractivity contribution in [1.29, 1.82) is 0 Å². The van der Waals surface area contributed by atoms with E-state index in [1.165, 1.54) is 11.3 Å². The van der Waals surface area contributed by atoms with Crippen molar-refractivity contribution in [3.8, 4) is 5.75 Å². The topological polar surface area (TPSA) is 46.6 Å². The van der Waals surface area contributed by atoms with E-state index in [9.17, 15) is 9.59 Å². The summed E-state index contributed by atoms with van der Waals surface area (Å²) in [5, 5.41) is 3.78. The first-order chi connectivity index (χ1) is 11.2. The van der Waals surface area contributed by atoms with Crippen LogP contribution in [0.3, 0.4) is 0 Å². The Morgan fingerprint density at radius 3 is 2.35 bits per heavy atom. The SMILES string of the molecule is COc1ccc(C(=O)C2CCN(C(=O)c3ccsc3)CC2)cc1. The average molecular weight is 329 g/mol. The number of likely N-dealkylation sites (tertiary alicyclic amines) is 1. The third-order valence-corrected chi connectivity index (χ3v) is 4.98. The van der Waals surface area contributed by atoms with Gasteiger partial charge in [0.05, 0.1) is 12.7 Å². The molecule has 1 aliphatic heterocycles. The molecule has 1 aromatic heterocycles. The van der Waals surface area contributed by atoms with Gasteiger partial charge in [-0.2, -0.15) is 11.3 Å². The summed E-state index contributed by atoms with van der Waals surface area (Å²) in [6.45, 7) is 1.28. The maximum atomic E-state index is 12.6. The number of carbonyl (C=O) groups excluding carboxylic acids is 2. The quantitative estimate of drug-likeness (QED) is 0.807. The normalized spacial score (nSPS) is 15.4. The minimum Gasteiger partial charge on any atom is -0.497 e. The minimum absolute atomic E-state index is 0.00470. The summed E-state index contributed by atoms with van der Waals surface area (Å²) >= 11 is 1.53. The van der Waals surface area contributed by atoms with Gasteiger partial charge in [0.25, 0.3) is 5.91 Å². The van der Waals surface area contributed by atoms with Gasteiger partial charge in [0.2, 0.25) is 0 Å². The zero-order valence-electron chi connectivity index (χ0n) is 13.0. The van der Waals surface area contributed by atoms with Crippen LogP contribution in [0.15, 0.2) is 41.1 Å². The van der Waals surface area contributed by atoms with E-state index in [4.69, 9.17) is 4.74 Å². The summed E-state index contributed by atoms with van der Waals surface area (Å²) < 4.78 is 5.12. The second kappa shape index (κ2) is 6.96. The largest absolute Gasteiger partial charge is 0.497 e. The third kappa shape index (κ3) is 3.45. The molecule has 0 N–H and O–H groups in total. The zero-order chi connectivity index (χ0) is 16.2. The molecule has 5 heteroatoms. The Bertz CT molecular complexity index is 671. The summed E-state index contributed by atoms with van der Waals surface area (Å²) in [5.74, 6) is 0.976. The molecule has 2 heterocycles.